The van der Waals surface area contributed by atoms with Crippen molar-refractivity contribution in [2.75, 3.05) is 12.4 Å². The molecule has 0 saturated heterocycles. The maximum Gasteiger partial charge on any atom is 0.322 e. The highest BCUT2D eigenvalue weighted by Gasteiger charge is 2.23. The minimum atomic E-state index is -0.488. The number of nitro groups is 1. The Morgan fingerprint density at radius 1 is 1.50 bits per heavy atom. The van der Waals surface area contributed by atoms with Crippen LogP contribution in [0.4, 0.5) is 11.6 Å². The SMILES string of the molecule is CNc1nc(C)c([N+](=O)[O-])c(Sc2nncs2)n1. The van der Waals surface area contributed by atoms with E-state index in [1.54, 1.807) is 19.5 Å². The second-order valence-corrected chi connectivity index (χ2v) is 5.17. The molecule has 0 unspecified atom stereocenters. The Morgan fingerprint density at radius 3 is 2.83 bits per heavy atom. The quantitative estimate of drug-likeness (QED) is 0.514. The second kappa shape index (κ2) is 5.23. The largest absolute Gasteiger partial charge is 0.357 e. The molecule has 2 aromatic rings. The molecular weight excluding hydrogens is 276 g/mol. The second-order valence-electron chi connectivity index (χ2n) is 3.10. The smallest absolute Gasteiger partial charge is 0.322 e. The van der Waals surface area contributed by atoms with E-state index in [9.17, 15) is 10.1 Å². The topological polar surface area (TPSA) is 107 Å². The molecule has 18 heavy (non-hydrogen) atoms. The highest BCUT2D eigenvalue weighted by atomic mass is 32.2. The van der Waals surface area contributed by atoms with Gasteiger partial charge in [-0.25, -0.2) is 4.98 Å². The molecule has 0 atom stereocenters. The summed E-state index contributed by atoms with van der Waals surface area (Å²) in [7, 11) is 1.65. The first kappa shape index (κ1) is 12.6. The molecule has 0 radical (unpaired) electrons. The highest BCUT2D eigenvalue weighted by molar-refractivity contribution is 8.01. The average Bonchev–Trinajstić information content (AvgIpc) is 2.80. The van der Waals surface area contributed by atoms with Crippen LogP contribution < -0.4 is 5.32 Å². The van der Waals surface area contributed by atoms with E-state index in [0.29, 0.717) is 16.0 Å². The molecule has 0 bridgehead atoms. The Morgan fingerprint density at radius 2 is 2.28 bits per heavy atom. The van der Waals surface area contributed by atoms with Crippen molar-refractivity contribution in [2.24, 2.45) is 0 Å². The minimum absolute atomic E-state index is 0.103. The van der Waals surface area contributed by atoms with E-state index in [2.05, 4.69) is 25.5 Å². The van der Waals surface area contributed by atoms with E-state index < -0.39 is 4.92 Å². The maximum absolute atomic E-state index is 11.0. The van der Waals surface area contributed by atoms with Crippen LogP contribution >= 0.6 is 23.1 Å². The van der Waals surface area contributed by atoms with Crippen molar-refractivity contribution in [3.8, 4) is 0 Å². The van der Waals surface area contributed by atoms with Crippen LogP contribution in [0.3, 0.4) is 0 Å². The van der Waals surface area contributed by atoms with E-state index in [4.69, 9.17) is 0 Å². The monoisotopic (exact) mass is 284 g/mol. The molecular formula is C8H8N6O2S2. The predicted octanol–water partition coefficient (Wildman–Crippen LogP) is 1.74. The molecule has 0 spiro atoms. The van der Waals surface area contributed by atoms with Crippen molar-refractivity contribution in [2.45, 2.75) is 16.3 Å². The lowest BCUT2D eigenvalue weighted by molar-refractivity contribution is -0.389. The third kappa shape index (κ3) is 2.54. The fraction of sp³-hybridized carbons (Fsp3) is 0.250. The first-order valence-corrected chi connectivity index (χ1v) is 6.46. The zero-order valence-electron chi connectivity index (χ0n) is 9.45. The van der Waals surface area contributed by atoms with Crippen LogP contribution in [0.1, 0.15) is 5.69 Å². The van der Waals surface area contributed by atoms with Crippen LogP contribution in [0.5, 0.6) is 0 Å². The molecule has 8 nitrogen and oxygen atoms in total. The van der Waals surface area contributed by atoms with Crippen LogP contribution in [-0.4, -0.2) is 32.1 Å². The van der Waals surface area contributed by atoms with E-state index >= 15 is 0 Å². The molecule has 0 amide bonds. The molecule has 0 aliphatic rings. The van der Waals surface area contributed by atoms with Gasteiger partial charge >= 0.3 is 5.69 Å². The fourth-order valence-electron chi connectivity index (χ4n) is 1.22. The van der Waals surface area contributed by atoms with Gasteiger partial charge in [-0.1, -0.05) is 11.3 Å². The number of hydrogen-bond donors (Lipinski definition) is 1. The summed E-state index contributed by atoms with van der Waals surface area (Å²) in [6, 6.07) is 0. The van der Waals surface area contributed by atoms with Crippen LogP contribution in [0.2, 0.25) is 0 Å². The van der Waals surface area contributed by atoms with Crippen molar-refractivity contribution in [3.63, 3.8) is 0 Å². The van der Waals surface area contributed by atoms with E-state index in [1.165, 1.54) is 11.3 Å². The van der Waals surface area contributed by atoms with Crippen molar-refractivity contribution >= 4 is 34.7 Å². The van der Waals surface area contributed by atoms with Gasteiger partial charge < -0.3 is 5.32 Å². The number of nitrogens with one attached hydrogen (secondary N) is 1. The molecule has 0 aliphatic heterocycles. The lowest BCUT2D eigenvalue weighted by Gasteiger charge is -2.05. The van der Waals surface area contributed by atoms with Crippen LogP contribution in [0.15, 0.2) is 14.9 Å². The van der Waals surface area contributed by atoms with Gasteiger partial charge in [-0.2, -0.15) is 4.98 Å². The molecule has 0 saturated carbocycles. The summed E-state index contributed by atoms with van der Waals surface area (Å²) >= 11 is 2.40. The zero-order chi connectivity index (χ0) is 13.1. The molecule has 2 aromatic heterocycles. The van der Waals surface area contributed by atoms with Crippen LogP contribution in [-0.2, 0) is 0 Å². The molecule has 1 N–H and O–H groups in total. The fourth-order valence-corrected chi connectivity index (χ4v) is 2.77. The van der Waals surface area contributed by atoms with Crippen molar-refractivity contribution in [1.82, 2.24) is 20.2 Å². The Hall–Kier alpha value is -1.81. The molecule has 2 heterocycles. The van der Waals surface area contributed by atoms with Gasteiger partial charge in [-0.15, -0.1) is 10.2 Å². The number of hydrogen-bond acceptors (Lipinski definition) is 9. The number of aromatic nitrogens is 4. The summed E-state index contributed by atoms with van der Waals surface area (Å²) in [5.74, 6) is 0.338. The predicted molar refractivity (Wildman–Crippen MR) is 67.0 cm³/mol. The summed E-state index contributed by atoms with van der Waals surface area (Å²) in [5.41, 5.74) is 1.77. The van der Waals surface area contributed by atoms with Gasteiger partial charge in [0.1, 0.15) is 11.2 Å². The highest BCUT2D eigenvalue weighted by Crippen LogP contribution is 2.35. The first-order chi connectivity index (χ1) is 8.61. The lowest BCUT2D eigenvalue weighted by atomic mass is 10.4. The Kier molecular flexibility index (Phi) is 3.67. The van der Waals surface area contributed by atoms with Gasteiger partial charge in [0.2, 0.25) is 5.95 Å². The summed E-state index contributed by atoms with van der Waals surface area (Å²) < 4.78 is 0.596. The Balaban J connectivity index is 2.48. The number of aryl methyl sites for hydroxylation is 1. The Labute approximate surface area is 110 Å². The van der Waals surface area contributed by atoms with Gasteiger partial charge in [0.05, 0.1) is 4.92 Å². The van der Waals surface area contributed by atoms with Crippen LogP contribution in [0.25, 0.3) is 0 Å². The maximum atomic E-state index is 11.0. The summed E-state index contributed by atoms with van der Waals surface area (Å²) in [4.78, 5) is 18.6. The zero-order valence-corrected chi connectivity index (χ0v) is 11.1. The standard InChI is InChI=1S/C8H8N6O2S2/c1-4-5(14(15)16)6(12-7(9-2)11-4)18-8-13-10-3-17-8/h3H,1-2H3,(H,9,11,12). The minimum Gasteiger partial charge on any atom is -0.357 e. The summed E-state index contributed by atoms with van der Waals surface area (Å²) in [6.45, 7) is 1.57. The van der Waals surface area contributed by atoms with E-state index in [1.807, 2.05) is 0 Å². The van der Waals surface area contributed by atoms with Gasteiger partial charge in [0.25, 0.3) is 0 Å². The Bertz CT molecular complexity index is 573. The van der Waals surface area contributed by atoms with Gasteiger partial charge in [0.15, 0.2) is 9.37 Å². The van der Waals surface area contributed by atoms with Crippen molar-refractivity contribution in [1.29, 1.82) is 0 Å². The third-order valence-electron chi connectivity index (χ3n) is 1.96. The normalized spacial score (nSPS) is 10.3. The van der Waals surface area contributed by atoms with Crippen molar-refractivity contribution < 1.29 is 4.92 Å². The van der Waals surface area contributed by atoms with E-state index in [0.717, 1.165) is 11.8 Å². The molecule has 10 heteroatoms. The first-order valence-electron chi connectivity index (χ1n) is 4.76. The van der Waals surface area contributed by atoms with Gasteiger partial charge in [0, 0.05) is 7.05 Å². The van der Waals surface area contributed by atoms with Crippen molar-refractivity contribution in [3.05, 3.63) is 21.3 Å². The molecule has 0 aliphatic carbocycles. The summed E-state index contributed by atoms with van der Waals surface area (Å²) in [5, 5.41) is 21.6. The molecule has 0 aromatic carbocycles. The molecule has 0 fully saturated rings. The van der Waals surface area contributed by atoms with Gasteiger partial charge in [-0.3, -0.25) is 10.1 Å². The number of rotatable bonds is 4. The van der Waals surface area contributed by atoms with Crippen LogP contribution in [0, 0.1) is 17.0 Å². The summed E-state index contributed by atoms with van der Waals surface area (Å²) in [6.07, 6.45) is 0. The average molecular weight is 284 g/mol. The lowest BCUT2D eigenvalue weighted by Crippen LogP contribution is -2.04. The molecule has 94 valence electrons. The number of anilines is 1. The third-order valence-corrected chi connectivity index (χ3v) is 3.71. The van der Waals surface area contributed by atoms with Gasteiger partial charge in [-0.05, 0) is 18.7 Å². The van der Waals surface area contributed by atoms with E-state index in [-0.39, 0.29) is 10.7 Å². The molecule has 2 rings (SSSR count). The number of nitrogens with zero attached hydrogens (tertiary/aromatic N) is 5.